The maximum Gasteiger partial charge on any atom is 0.267 e. The molecule has 5 heteroatoms. The Hall–Kier alpha value is -2.66. The van der Waals surface area contributed by atoms with Crippen molar-refractivity contribution >= 4 is 12.0 Å². The number of amides is 1. The molecule has 2 rings (SSSR count). The number of aromatic nitrogens is 1. The summed E-state index contributed by atoms with van der Waals surface area (Å²) in [6.07, 6.45) is 4.18. The summed E-state index contributed by atoms with van der Waals surface area (Å²) in [5, 5.41) is 8.42. The van der Waals surface area contributed by atoms with E-state index in [9.17, 15) is 9.59 Å². The van der Waals surface area contributed by atoms with Gasteiger partial charge in [-0.3, -0.25) is 14.8 Å². The summed E-state index contributed by atoms with van der Waals surface area (Å²) in [6, 6.07) is 11.3. The van der Waals surface area contributed by atoms with Gasteiger partial charge in [-0.15, -0.1) is 0 Å². The maximum atomic E-state index is 12.3. The van der Waals surface area contributed by atoms with Gasteiger partial charge in [0, 0.05) is 17.8 Å². The minimum absolute atomic E-state index is 0.194. The highest BCUT2D eigenvalue weighted by Crippen LogP contribution is 2.05. The van der Waals surface area contributed by atoms with Crippen molar-refractivity contribution in [3.8, 4) is 0 Å². The van der Waals surface area contributed by atoms with Crippen molar-refractivity contribution < 1.29 is 10.0 Å². The molecular weight excluding hydrogens is 268 g/mol. The van der Waals surface area contributed by atoms with Crippen LogP contribution in [-0.2, 0) is 11.3 Å². The van der Waals surface area contributed by atoms with Crippen LogP contribution in [-0.4, -0.2) is 15.7 Å². The summed E-state index contributed by atoms with van der Waals surface area (Å²) >= 11 is 0. The third kappa shape index (κ3) is 3.90. The molecule has 0 aliphatic carbocycles. The highest BCUT2D eigenvalue weighted by Gasteiger charge is 2.02. The van der Waals surface area contributed by atoms with Crippen molar-refractivity contribution in [2.45, 2.75) is 13.5 Å². The zero-order chi connectivity index (χ0) is 15.2. The third-order valence-corrected chi connectivity index (χ3v) is 3.01. The Morgan fingerprint density at radius 3 is 2.86 bits per heavy atom. The molecule has 0 saturated carbocycles. The number of hydrogen-bond acceptors (Lipinski definition) is 3. The first-order valence-electron chi connectivity index (χ1n) is 6.47. The van der Waals surface area contributed by atoms with Gasteiger partial charge in [0.25, 0.3) is 11.5 Å². The molecular formula is C16H16N2O3. The standard InChI is InChI=1S/C16H16N2O3/c1-12-4-2-5-13(10-12)11-18-9-3-6-14(16(18)20)7-8-15(19)17-21/h2-10,21H,11H2,1H3,(H,17,19)/b8-7+. The first kappa shape index (κ1) is 14.7. The lowest BCUT2D eigenvalue weighted by atomic mass is 10.1. The Morgan fingerprint density at radius 1 is 1.33 bits per heavy atom. The summed E-state index contributed by atoms with van der Waals surface area (Å²) < 4.78 is 1.57. The lowest BCUT2D eigenvalue weighted by Crippen LogP contribution is -2.22. The molecule has 5 nitrogen and oxygen atoms in total. The number of aryl methyl sites for hydroxylation is 1. The monoisotopic (exact) mass is 284 g/mol. The fraction of sp³-hybridized carbons (Fsp3) is 0.125. The van der Waals surface area contributed by atoms with E-state index in [1.54, 1.807) is 22.9 Å². The first-order valence-corrected chi connectivity index (χ1v) is 6.47. The average molecular weight is 284 g/mol. The molecule has 0 aliphatic rings. The molecule has 0 saturated heterocycles. The van der Waals surface area contributed by atoms with E-state index < -0.39 is 5.91 Å². The summed E-state index contributed by atoms with van der Waals surface area (Å²) in [5.74, 6) is -0.677. The van der Waals surface area contributed by atoms with E-state index in [-0.39, 0.29) is 5.56 Å². The number of nitrogens with zero attached hydrogens (tertiary/aromatic N) is 1. The number of pyridine rings is 1. The summed E-state index contributed by atoms with van der Waals surface area (Å²) in [4.78, 5) is 23.2. The number of nitrogens with one attached hydrogen (secondary N) is 1. The molecule has 108 valence electrons. The van der Waals surface area contributed by atoms with Crippen LogP contribution in [0.1, 0.15) is 16.7 Å². The first-order chi connectivity index (χ1) is 10.1. The van der Waals surface area contributed by atoms with E-state index in [2.05, 4.69) is 0 Å². The topological polar surface area (TPSA) is 71.3 Å². The second kappa shape index (κ2) is 6.67. The number of benzene rings is 1. The highest BCUT2D eigenvalue weighted by molar-refractivity contribution is 5.90. The molecule has 2 aromatic rings. The Labute approximate surface area is 122 Å². The van der Waals surface area contributed by atoms with Crippen LogP contribution in [0.4, 0.5) is 0 Å². The Morgan fingerprint density at radius 2 is 2.14 bits per heavy atom. The molecule has 1 heterocycles. The van der Waals surface area contributed by atoms with Gasteiger partial charge in [0.05, 0.1) is 6.54 Å². The van der Waals surface area contributed by atoms with Crippen molar-refractivity contribution in [1.29, 1.82) is 0 Å². The van der Waals surface area contributed by atoms with Crippen molar-refractivity contribution in [3.63, 3.8) is 0 Å². The van der Waals surface area contributed by atoms with E-state index in [0.717, 1.165) is 17.2 Å². The second-order valence-corrected chi connectivity index (χ2v) is 4.70. The van der Waals surface area contributed by atoms with Gasteiger partial charge in [0.2, 0.25) is 0 Å². The van der Waals surface area contributed by atoms with Gasteiger partial charge in [0.1, 0.15) is 0 Å². The molecule has 0 atom stereocenters. The molecule has 0 fully saturated rings. The van der Waals surface area contributed by atoms with Gasteiger partial charge in [-0.2, -0.15) is 0 Å². The lowest BCUT2D eigenvalue weighted by molar-refractivity contribution is -0.124. The third-order valence-electron chi connectivity index (χ3n) is 3.01. The van der Waals surface area contributed by atoms with Crippen LogP contribution in [0, 0.1) is 6.92 Å². The normalized spacial score (nSPS) is 10.8. The Kier molecular flexibility index (Phi) is 4.68. The van der Waals surface area contributed by atoms with E-state index in [0.29, 0.717) is 12.1 Å². The molecule has 0 unspecified atom stereocenters. The smallest absolute Gasteiger partial charge is 0.267 e. The van der Waals surface area contributed by atoms with E-state index >= 15 is 0 Å². The van der Waals surface area contributed by atoms with Crippen LogP contribution < -0.4 is 11.0 Å². The zero-order valence-corrected chi connectivity index (χ0v) is 11.6. The van der Waals surface area contributed by atoms with Crippen molar-refractivity contribution in [3.05, 3.63) is 75.7 Å². The fourth-order valence-corrected chi connectivity index (χ4v) is 2.02. The van der Waals surface area contributed by atoms with Crippen LogP contribution in [0.5, 0.6) is 0 Å². The van der Waals surface area contributed by atoms with Gasteiger partial charge >= 0.3 is 0 Å². The molecule has 0 radical (unpaired) electrons. The quantitative estimate of drug-likeness (QED) is 0.510. The number of hydroxylamine groups is 1. The molecule has 1 aromatic heterocycles. The number of hydrogen-bond donors (Lipinski definition) is 2. The van der Waals surface area contributed by atoms with Crippen LogP contribution >= 0.6 is 0 Å². The van der Waals surface area contributed by atoms with Gasteiger partial charge in [0.15, 0.2) is 0 Å². The van der Waals surface area contributed by atoms with Crippen LogP contribution in [0.15, 0.2) is 53.5 Å². The predicted molar refractivity (Wildman–Crippen MR) is 79.9 cm³/mol. The fourth-order valence-electron chi connectivity index (χ4n) is 2.02. The lowest BCUT2D eigenvalue weighted by Gasteiger charge is -2.07. The number of rotatable bonds is 4. The van der Waals surface area contributed by atoms with Crippen molar-refractivity contribution in [2.75, 3.05) is 0 Å². The van der Waals surface area contributed by atoms with E-state index in [4.69, 9.17) is 5.21 Å². The molecule has 0 spiro atoms. The average Bonchev–Trinajstić information content (AvgIpc) is 2.48. The molecule has 1 amide bonds. The molecule has 0 bridgehead atoms. The summed E-state index contributed by atoms with van der Waals surface area (Å²) in [7, 11) is 0. The van der Waals surface area contributed by atoms with Crippen molar-refractivity contribution in [2.24, 2.45) is 0 Å². The van der Waals surface area contributed by atoms with Gasteiger partial charge in [-0.1, -0.05) is 29.8 Å². The minimum atomic E-state index is -0.677. The molecule has 2 N–H and O–H groups in total. The highest BCUT2D eigenvalue weighted by atomic mass is 16.5. The predicted octanol–water partition coefficient (Wildman–Crippen LogP) is 1.72. The second-order valence-electron chi connectivity index (χ2n) is 4.70. The zero-order valence-electron chi connectivity index (χ0n) is 11.6. The summed E-state index contributed by atoms with van der Waals surface area (Å²) in [6.45, 7) is 2.47. The minimum Gasteiger partial charge on any atom is -0.311 e. The van der Waals surface area contributed by atoms with Crippen molar-refractivity contribution in [1.82, 2.24) is 10.0 Å². The summed E-state index contributed by atoms with van der Waals surface area (Å²) in [5.41, 5.74) is 3.84. The Balaban J connectivity index is 2.28. The molecule has 0 aliphatic heterocycles. The van der Waals surface area contributed by atoms with Crippen LogP contribution in [0.2, 0.25) is 0 Å². The SMILES string of the molecule is Cc1cccc(Cn2cccc(/C=C/C(=O)NO)c2=O)c1. The maximum absolute atomic E-state index is 12.3. The molecule has 1 aromatic carbocycles. The van der Waals surface area contributed by atoms with Gasteiger partial charge in [-0.05, 0) is 30.7 Å². The van der Waals surface area contributed by atoms with E-state index in [1.807, 2.05) is 31.2 Å². The Bertz CT molecular complexity index is 732. The molecule has 21 heavy (non-hydrogen) atoms. The van der Waals surface area contributed by atoms with Gasteiger partial charge in [-0.25, -0.2) is 5.48 Å². The number of carbonyl (C=O) groups is 1. The van der Waals surface area contributed by atoms with Gasteiger partial charge < -0.3 is 4.57 Å². The van der Waals surface area contributed by atoms with Crippen LogP contribution in [0.3, 0.4) is 0 Å². The van der Waals surface area contributed by atoms with Crippen LogP contribution in [0.25, 0.3) is 6.08 Å². The van der Waals surface area contributed by atoms with E-state index in [1.165, 1.54) is 11.6 Å². The largest absolute Gasteiger partial charge is 0.311 e. The number of carbonyl (C=O) groups excluding carboxylic acids is 1.